The van der Waals surface area contributed by atoms with Crippen molar-refractivity contribution < 1.29 is 0 Å². The summed E-state index contributed by atoms with van der Waals surface area (Å²) in [6, 6.07) is 8.58. The van der Waals surface area contributed by atoms with E-state index in [2.05, 4.69) is 79.9 Å². The van der Waals surface area contributed by atoms with E-state index in [1.165, 1.54) is 14.6 Å². The first-order valence-electron chi connectivity index (χ1n) is 6.26. The number of rotatable bonds is 2. The van der Waals surface area contributed by atoms with Crippen LogP contribution in [0.4, 0.5) is 5.69 Å². The first-order valence-corrected chi connectivity index (χ1v) is 7.34. The fourth-order valence-corrected chi connectivity index (χ4v) is 2.41. The Morgan fingerprint density at radius 2 is 1.94 bits per heavy atom. The van der Waals surface area contributed by atoms with E-state index in [0.717, 1.165) is 17.8 Å². The maximum absolute atomic E-state index is 4.79. The zero-order valence-electron chi connectivity index (χ0n) is 11.3. The minimum absolute atomic E-state index is 0.0708. The summed E-state index contributed by atoms with van der Waals surface area (Å²) in [5, 5.41) is 4.65. The second kappa shape index (κ2) is 5.03. The van der Waals surface area contributed by atoms with E-state index in [1.54, 1.807) is 0 Å². The molecule has 0 radical (unpaired) electrons. The Hall–Kier alpha value is -0.840. The van der Waals surface area contributed by atoms with Crippen LogP contribution in [0, 0.1) is 3.57 Å². The third-order valence-electron chi connectivity index (χ3n) is 2.91. The van der Waals surface area contributed by atoms with Gasteiger partial charge >= 0.3 is 0 Å². The minimum atomic E-state index is 0.0708. The van der Waals surface area contributed by atoms with E-state index >= 15 is 0 Å². The lowest BCUT2D eigenvalue weighted by atomic mass is 9.91. The zero-order valence-corrected chi connectivity index (χ0v) is 13.5. The Balaban J connectivity index is 2.70. The van der Waals surface area contributed by atoms with Gasteiger partial charge in [-0.3, -0.25) is 4.98 Å². The molecule has 1 N–H and O–H groups in total. The molecule has 2 aromatic rings. The first kappa shape index (κ1) is 13.6. The lowest BCUT2D eigenvalue weighted by molar-refractivity contribution is 0.572. The number of benzene rings is 1. The third-order valence-corrected chi connectivity index (χ3v) is 3.58. The molecule has 0 spiro atoms. The quantitative estimate of drug-likeness (QED) is 0.800. The molecule has 0 aliphatic heterocycles. The predicted octanol–water partition coefficient (Wildman–Crippen LogP) is 4.57. The minimum Gasteiger partial charge on any atom is -0.385 e. The van der Waals surface area contributed by atoms with Crippen LogP contribution >= 0.6 is 22.6 Å². The van der Waals surface area contributed by atoms with Crippen molar-refractivity contribution in [2.75, 3.05) is 11.9 Å². The molecule has 96 valence electrons. The summed E-state index contributed by atoms with van der Waals surface area (Å²) in [7, 11) is 0. The van der Waals surface area contributed by atoms with Crippen LogP contribution in [0.1, 0.15) is 33.4 Å². The summed E-state index contributed by atoms with van der Waals surface area (Å²) in [5.41, 5.74) is 3.46. The number of nitrogens with zero attached hydrogens (tertiary/aromatic N) is 1. The standard InChI is InChI=1S/C15H19IN2/c1-5-17-13-9-14(15(2,3)4)18-12-7-6-10(16)8-11(12)13/h6-9H,5H2,1-4H3,(H,17,18). The van der Waals surface area contributed by atoms with Gasteiger partial charge in [0.1, 0.15) is 0 Å². The molecule has 1 aromatic carbocycles. The van der Waals surface area contributed by atoms with Crippen LogP contribution in [0.2, 0.25) is 0 Å². The number of hydrogen-bond acceptors (Lipinski definition) is 2. The molecule has 1 heterocycles. The van der Waals surface area contributed by atoms with E-state index < -0.39 is 0 Å². The molecule has 18 heavy (non-hydrogen) atoms. The Morgan fingerprint density at radius 3 is 2.56 bits per heavy atom. The van der Waals surface area contributed by atoms with Crippen LogP contribution in [0.3, 0.4) is 0 Å². The van der Waals surface area contributed by atoms with Crippen LogP contribution in [0.15, 0.2) is 24.3 Å². The fraction of sp³-hybridized carbons (Fsp3) is 0.400. The molecule has 0 saturated carbocycles. The largest absolute Gasteiger partial charge is 0.385 e. The normalized spacial score (nSPS) is 11.8. The van der Waals surface area contributed by atoms with Crippen molar-refractivity contribution in [3.8, 4) is 0 Å². The van der Waals surface area contributed by atoms with Crippen LogP contribution in [-0.2, 0) is 5.41 Å². The van der Waals surface area contributed by atoms with Gasteiger partial charge in [0.15, 0.2) is 0 Å². The van der Waals surface area contributed by atoms with Gasteiger partial charge in [-0.25, -0.2) is 0 Å². The van der Waals surface area contributed by atoms with Crippen molar-refractivity contribution in [2.24, 2.45) is 0 Å². The van der Waals surface area contributed by atoms with Crippen LogP contribution in [0.5, 0.6) is 0 Å². The van der Waals surface area contributed by atoms with Gasteiger partial charge < -0.3 is 5.32 Å². The monoisotopic (exact) mass is 354 g/mol. The van der Waals surface area contributed by atoms with Gasteiger partial charge in [-0.2, -0.15) is 0 Å². The molecule has 0 saturated heterocycles. The Labute approximate surface area is 122 Å². The average molecular weight is 354 g/mol. The van der Waals surface area contributed by atoms with E-state index in [0.29, 0.717) is 0 Å². The molecule has 0 aliphatic rings. The van der Waals surface area contributed by atoms with Gasteiger partial charge in [0.2, 0.25) is 0 Å². The molecule has 2 rings (SSSR count). The number of anilines is 1. The fourth-order valence-electron chi connectivity index (χ4n) is 1.92. The number of aromatic nitrogens is 1. The second-order valence-electron chi connectivity index (χ2n) is 5.50. The van der Waals surface area contributed by atoms with Gasteiger partial charge in [-0.1, -0.05) is 20.8 Å². The number of halogens is 1. The van der Waals surface area contributed by atoms with E-state index in [1.807, 2.05) is 0 Å². The molecule has 0 unspecified atom stereocenters. The number of pyridine rings is 1. The summed E-state index contributed by atoms with van der Waals surface area (Å²) in [4.78, 5) is 4.79. The smallest absolute Gasteiger partial charge is 0.0727 e. The molecule has 1 aromatic heterocycles. The number of hydrogen-bond donors (Lipinski definition) is 1. The highest BCUT2D eigenvalue weighted by Gasteiger charge is 2.17. The molecule has 0 aliphatic carbocycles. The average Bonchev–Trinajstić information content (AvgIpc) is 2.28. The van der Waals surface area contributed by atoms with E-state index in [9.17, 15) is 0 Å². The Bertz CT molecular complexity index is 570. The summed E-state index contributed by atoms with van der Waals surface area (Å²) in [6.07, 6.45) is 0. The van der Waals surface area contributed by atoms with E-state index in [-0.39, 0.29) is 5.41 Å². The van der Waals surface area contributed by atoms with Crippen molar-refractivity contribution in [2.45, 2.75) is 33.1 Å². The molecular weight excluding hydrogens is 335 g/mol. The second-order valence-corrected chi connectivity index (χ2v) is 6.74. The zero-order chi connectivity index (χ0) is 13.3. The molecular formula is C15H19IN2. The summed E-state index contributed by atoms with van der Waals surface area (Å²) < 4.78 is 1.24. The van der Waals surface area contributed by atoms with Gasteiger partial charge in [0.25, 0.3) is 0 Å². The highest BCUT2D eigenvalue weighted by atomic mass is 127. The van der Waals surface area contributed by atoms with Crippen molar-refractivity contribution in [1.82, 2.24) is 4.98 Å². The van der Waals surface area contributed by atoms with Crippen LogP contribution < -0.4 is 5.32 Å². The predicted molar refractivity (Wildman–Crippen MR) is 87.3 cm³/mol. The summed E-state index contributed by atoms with van der Waals surface area (Å²) >= 11 is 2.34. The van der Waals surface area contributed by atoms with Crippen LogP contribution in [0.25, 0.3) is 10.9 Å². The molecule has 0 fully saturated rings. The number of nitrogens with one attached hydrogen (secondary N) is 1. The highest BCUT2D eigenvalue weighted by Crippen LogP contribution is 2.30. The van der Waals surface area contributed by atoms with Crippen molar-refractivity contribution in [3.63, 3.8) is 0 Å². The summed E-state index contributed by atoms with van der Waals surface area (Å²) in [5.74, 6) is 0. The third kappa shape index (κ3) is 2.76. The van der Waals surface area contributed by atoms with Crippen molar-refractivity contribution in [1.29, 1.82) is 0 Å². The highest BCUT2D eigenvalue weighted by molar-refractivity contribution is 14.1. The Morgan fingerprint density at radius 1 is 1.22 bits per heavy atom. The summed E-state index contributed by atoms with van der Waals surface area (Å²) in [6.45, 7) is 9.64. The first-order chi connectivity index (χ1) is 8.41. The van der Waals surface area contributed by atoms with Gasteiger partial charge in [-0.15, -0.1) is 0 Å². The molecule has 3 heteroatoms. The topological polar surface area (TPSA) is 24.9 Å². The maximum Gasteiger partial charge on any atom is 0.0727 e. The lowest BCUT2D eigenvalue weighted by Crippen LogP contribution is -2.14. The lowest BCUT2D eigenvalue weighted by Gasteiger charge is -2.20. The molecule has 0 atom stereocenters. The number of fused-ring (bicyclic) bond motifs is 1. The van der Waals surface area contributed by atoms with Gasteiger partial charge in [0.05, 0.1) is 5.52 Å². The SMILES string of the molecule is CCNc1cc(C(C)(C)C)nc2ccc(I)cc12. The van der Waals surface area contributed by atoms with Gasteiger partial charge in [0, 0.05) is 32.3 Å². The van der Waals surface area contributed by atoms with Crippen molar-refractivity contribution in [3.05, 3.63) is 33.5 Å². The van der Waals surface area contributed by atoms with Crippen molar-refractivity contribution >= 4 is 39.2 Å². The molecule has 2 nitrogen and oxygen atoms in total. The Kier molecular flexibility index (Phi) is 3.80. The van der Waals surface area contributed by atoms with Gasteiger partial charge in [-0.05, 0) is 53.8 Å². The van der Waals surface area contributed by atoms with Crippen LogP contribution in [-0.4, -0.2) is 11.5 Å². The van der Waals surface area contributed by atoms with E-state index in [4.69, 9.17) is 4.98 Å². The maximum atomic E-state index is 4.79. The molecule has 0 bridgehead atoms. The molecule has 0 amide bonds.